The highest BCUT2D eigenvalue weighted by Gasteiger charge is 2.45. The first-order valence-electron chi connectivity index (χ1n) is 9.69. The zero-order valence-corrected chi connectivity index (χ0v) is 17.0. The molecule has 1 aromatic rings. The van der Waals surface area contributed by atoms with Crippen LogP contribution < -0.4 is 0 Å². The number of likely N-dealkylation sites (tertiary alicyclic amines) is 1. The van der Waals surface area contributed by atoms with Crippen LogP contribution in [0, 0.1) is 5.41 Å². The van der Waals surface area contributed by atoms with E-state index in [1.54, 1.807) is 0 Å². The molecule has 26 heavy (non-hydrogen) atoms. The van der Waals surface area contributed by atoms with Gasteiger partial charge in [0.05, 0.1) is 17.6 Å². The van der Waals surface area contributed by atoms with Crippen LogP contribution in [0.1, 0.15) is 70.9 Å². The lowest BCUT2D eigenvalue weighted by atomic mass is 9.74. The number of hydrogen-bond acceptors (Lipinski definition) is 2. The van der Waals surface area contributed by atoms with E-state index in [1.807, 2.05) is 37.3 Å². The van der Waals surface area contributed by atoms with Gasteiger partial charge in [-0.3, -0.25) is 4.79 Å². The Morgan fingerprint density at radius 1 is 1.38 bits per heavy atom. The van der Waals surface area contributed by atoms with E-state index in [-0.39, 0.29) is 29.5 Å². The molecular formula is C22H32ClNO2. The molecule has 1 saturated heterocycles. The monoisotopic (exact) mass is 377 g/mol. The van der Waals surface area contributed by atoms with Gasteiger partial charge in [-0.15, -0.1) is 6.58 Å². The number of halogens is 1. The lowest BCUT2D eigenvalue weighted by Gasteiger charge is -2.48. The Balaban J connectivity index is 2.37. The van der Waals surface area contributed by atoms with E-state index in [0.29, 0.717) is 17.9 Å². The summed E-state index contributed by atoms with van der Waals surface area (Å²) in [7, 11) is 0. The van der Waals surface area contributed by atoms with Crippen LogP contribution in [0.5, 0.6) is 0 Å². The molecule has 0 radical (unpaired) electrons. The summed E-state index contributed by atoms with van der Waals surface area (Å²) in [6.45, 7) is 9.84. The summed E-state index contributed by atoms with van der Waals surface area (Å²) in [6, 6.07) is 8.05. The predicted octanol–water partition coefficient (Wildman–Crippen LogP) is 5.53. The largest absolute Gasteiger partial charge is 0.393 e. The summed E-state index contributed by atoms with van der Waals surface area (Å²) in [4.78, 5) is 15.6. The van der Waals surface area contributed by atoms with Crippen LogP contribution in [0.4, 0.5) is 0 Å². The van der Waals surface area contributed by atoms with Gasteiger partial charge in [0.1, 0.15) is 0 Å². The summed E-state index contributed by atoms with van der Waals surface area (Å²) in [5, 5.41) is 10.4. The molecule has 1 heterocycles. The van der Waals surface area contributed by atoms with Crippen molar-refractivity contribution in [3.05, 3.63) is 47.5 Å². The van der Waals surface area contributed by atoms with E-state index in [4.69, 9.17) is 11.6 Å². The van der Waals surface area contributed by atoms with E-state index in [2.05, 4.69) is 25.3 Å². The molecule has 1 amide bonds. The highest BCUT2D eigenvalue weighted by molar-refractivity contribution is 6.30. The first kappa shape index (κ1) is 21.0. The van der Waals surface area contributed by atoms with Gasteiger partial charge in [0.25, 0.3) is 0 Å². The molecule has 4 unspecified atom stereocenters. The van der Waals surface area contributed by atoms with Gasteiger partial charge in [-0.1, -0.05) is 43.7 Å². The van der Waals surface area contributed by atoms with Crippen LogP contribution in [0.25, 0.3) is 0 Å². The van der Waals surface area contributed by atoms with Crippen LogP contribution in [0.15, 0.2) is 36.9 Å². The number of piperidine rings is 1. The van der Waals surface area contributed by atoms with Crippen LogP contribution in [-0.4, -0.2) is 28.1 Å². The molecule has 3 nitrogen and oxygen atoms in total. The molecule has 0 saturated carbocycles. The predicted molar refractivity (Wildman–Crippen MR) is 108 cm³/mol. The highest BCUT2D eigenvalue weighted by atomic mass is 35.5. The fraction of sp³-hybridized carbons (Fsp3) is 0.591. The van der Waals surface area contributed by atoms with Crippen molar-refractivity contribution in [3.8, 4) is 0 Å². The Morgan fingerprint density at radius 3 is 2.58 bits per heavy atom. The molecule has 0 bridgehead atoms. The van der Waals surface area contributed by atoms with Crippen molar-refractivity contribution in [3.63, 3.8) is 0 Å². The lowest BCUT2D eigenvalue weighted by Crippen LogP contribution is -2.53. The zero-order chi connectivity index (χ0) is 19.3. The van der Waals surface area contributed by atoms with Crippen molar-refractivity contribution in [2.45, 2.75) is 77.5 Å². The van der Waals surface area contributed by atoms with Gasteiger partial charge in [-0.2, -0.15) is 0 Å². The molecule has 0 aliphatic carbocycles. The molecule has 4 heteroatoms. The second kappa shape index (κ2) is 9.05. The van der Waals surface area contributed by atoms with Gasteiger partial charge >= 0.3 is 0 Å². The van der Waals surface area contributed by atoms with Crippen LogP contribution in [-0.2, 0) is 4.79 Å². The third-order valence-electron chi connectivity index (χ3n) is 5.69. The number of nitrogens with zero attached hydrogens (tertiary/aromatic N) is 1. The number of rotatable bonds is 8. The van der Waals surface area contributed by atoms with Crippen molar-refractivity contribution in [1.82, 2.24) is 4.90 Å². The maximum absolute atomic E-state index is 13.5. The summed E-state index contributed by atoms with van der Waals surface area (Å²) < 4.78 is 0. The van der Waals surface area contributed by atoms with E-state index < -0.39 is 0 Å². The minimum absolute atomic E-state index is 0.0663. The number of carbonyl (C=O) groups excluding carboxylic acids is 1. The van der Waals surface area contributed by atoms with Crippen LogP contribution >= 0.6 is 11.6 Å². The van der Waals surface area contributed by atoms with Gasteiger partial charge < -0.3 is 10.0 Å². The molecule has 1 fully saturated rings. The molecule has 144 valence electrons. The van der Waals surface area contributed by atoms with Gasteiger partial charge in [0, 0.05) is 11.1 Å². The Hall–Kier alpha value is -1.32. The van der Waals surface area contributed by atoms with Crippen molar-refractivity contribution in [2.75, 3.05) is 0 Å². The number of carbonyl (C=O) groups is 1. The van der Waals surface area contributed by atoms with Crippen LogP contribution in [0.3, 0.4) is 0 Å². The van der Waals surface area contributed by atoms with E-state index >= 15 is 0 Å². The average Bonchev–Trinajstić information content (AvgIpc) is 2.60. The Labute approximate surface area is 163 Å². The summed E-state index contributed by atoms with van der Waals surface area (Å²) >= 11 is 6.06. The summed E-state index contributed by atoms with van der Waals surface area (Å²) in [5.41, 5.74) is 0.752. The maximum Gasteiger partial charge on any atom is 0.229 e. The highest BCUT2D eigenvalue weighted by Crippen LogP contribution is 2.45. The minimum atomic E-state index is -0.386. The first-order valence-corrected chi connectivity index (χ1v) is 10.1. The smallest absolute Gasteiger partial charge is 0.229 e. The third kappa shape index (κ3) is 4.69. The quantitative estimate of drug-likeness (QED) is 0.605. The minimum Gasteiger partial charge on any atom is -0.393 e. The Kier molecular flexibility index (Phi) is 7.31. The van der Waals surface area contributed by atoms with Gasteiger partial charge in [-0.25, -0.2) is 0 Å². The van der Waals surface area contributed by atoms with Gasteiger partial charge in [0.15, 0.2) is 0 Å². The number of benzene rings is 1. The fourth-order valence-corrected chi connectivity index (χ4v) is 4.19. The topological polar surface area (TPSA) is 40.5 Å². The van der Waals surface area contributed by atoms with Crippen molar-refractivity contribution >= 4 is 17.5 Å². The molecule has 0 aromatic heterocycles. The zero-order valence-electron chi connectivity index (χ0n) is 16.2. The molecule has 1 aliphatic rings. The Morgan fingerprint density at radius 2 is 2.04 bits per heavy atom. The average molecular weight is 378 g/mol. The van der Waals surface area contributed by atoms with Crippen LogP contribution in [0.2, 0.25) is 5.02 Å². The molecular weight excluding hydrogens is 346 g/mol. The number of allylic oxidation sites excluding steroid dienone is 1. The Bertz CT molecular complexity index is 613. The second-order valence-corrected chi connectivity index (χ2v) is 8.30. The summed E-state index contributed by atoms with van der Waals surface area (Å²) in [5.74, 6) is 0.209. The lowest BCUT2D eigenvalue weighted by molar-refractivity contribution is -0.153. The number of aliphatic hydroxyl groups is 1. The SMILES string of the molecule is C=CCC1(C)CCC(c2ccc(Cl)cc2)N(C(CC)CCC(C)O)C1=O. The molecule has 1 aromatic carbocycles. The normalized spacial score (nSPS) is 25.8. The van der Waals surface area contributed by atoms with Crippen molar-refractivity contribution in [1.29, 1.82) is 0 Å². The summed E-state index contributed by atoms with van der Waals surface area (Å²) in [6.07, 6.45) is 6.39. The number of hydrogen-bond donors (Lipinski definition) is 1. The first-order chi connectivity index (χ1) is 12.3. The van der Waals surface area contributed by atoms with Crippen molar-refractivity contribution in [2.24, 2.45) is 5.41 Å². The molecule has 0 spiro atoms. The van der Waals surface area contributed by atoms with Gasteiger partial charge in [0.2, 0.25) is 5.91 Å². The maximum atomic E-state index is 13.5. The molecule has 1 aliphatic heterocycles. The van der Waals surface area contributed by atoms with Gasteiger partial charge in [-0.05, 0) is 63.1 Å². The molecule has 4 atom stereocenters. The second-order valence-electron chi connectivity index (χ2n) is 7.86. The number of amides is 1. The number of aliphatic hydroxyl groups excluding tert-OH is 1. The van der Waals surface area contributed by atoms with Crippen molar-refractivity contribution < 1.29 is 9.90 Å². The van der Waals surface area contributed by atoms with E-state index in [0.717, 1.165) is 31.2 Å². The molecule has 1 N–H and O–H groups in total. The van der Waals surface area contributed by atoms with E-state index in [9.17, 15) is 9.90 Å². The van der Waals surface area contributed by atoms with E-state index in [1.165, 1.54) is 0 Å². The molecule has 2 rings (SSSR count). The third-order valence-corrected chi connectivity index (χ3v) is 5.94. The fourth-order valence-electron chi connectivity index (χ4n) is 4.07. The standard InChI is InChI=1S/C22H32ClNO2/c1-5-14-22(4)15-13-20(17-8-10-18(23)11-9-17)24(21(22)26)19(6-2)12-7-16(3)25/h5,8-11,16,19-20,25H,1,6-7,12-15H2,2-4H3.